The molecule has 1 saturated heterocycles. The van der Waals surface area contributed by atoms with Gasteiger partial charge in [-0.05, 0) is 35.6 Å². The van der Waals surface area contributed by atoms with Crippen LogP contribution in [0.15, 0.2) is 35.0 Å². The molecule has 1 amide bonds. The molecule has 1 aliphatic rings. The average molecular weight is 366 g/mol. The summed E-state index contributed by atoms with van der Waals surface area (Å²) in [7, 11) is 0. The molecule has 2 aromatic rings. The van der Waals surface area contributed by atoms with Crippen LogP contribution < -0.4 is 0 Å². The molecule has 4 nitrogen and oxygen atoms in total. The van der Waals surface area contributed by atoms with E-state index in [1.165, 1.54) is 17.4 Å². The van der Waals surface area contributed by atoms with Crippen LogP contribution >= 0.6 is 11.3 Å². The molecular weight excluding hydrogens is 346 g/mol. The summed E-state index contributed by atoms with van der Waals surface area (Å²) < 4.78 is 26.3. The van der Waals surface area contributed by atoms with Crippen LogP contribution in [0.25, 0.3) is 0 Å². The van der Waals surface area contributed by atoms with Crippen molar-refractivity contribution >= 4 is 17.2 Å². The maximum atomic E-state index is 13.3. The summed E-state index contributed by atoms with van der Waals surface area (Å²) >= 11 is 1.50. The van der Waals surface area contributed by atoms with Crippen LogP contribution in [0.2, 0.25) is 0 Å². The lowest BCUT2D eigenvalue weighted by Gasteiger charge is -2.24. The molecule has 0 bridgehead atoms. The molecule has 7 heteroatoms. The lowest BCUT2D eigenvalue weighted by Crippen LogP contribution is -2.36. The van der Waals surface area contributed by atoms with Crippen molar-refractivity contribution in [3.8, 4) is 0 Å². The highest BCUT2D eigenvalue weighted by atomic mass is 32.1. The van der Waals surface area contributed by atoms with Crippen LogP contribution in [0.3, 0.4) is 0 Å². The second-order valence-corrected chi connectivity index (χ2v) is 6.93. The maximum absolute atomic E-state index is 13.3. The third-order valence-electron chi connectivity index (χ3n) is 4.40. The third-order valence-corrected chi connectivity index (χ3v) is 5.09. The number of β-amino-alcohol motifs (C(OH)–C–C–N with tert-alkyl or cyclic N) is 1. The van der Waals surface area contributed by atoms with Crippen molar-refractivity contribution in [3.63, 3.8) is 0 Å². The van der Waals surface area contributed by atoms with Crippen LogP contribution in [-0.2, 0) is 0 Å². The van der Waals surface area contributed by atoms with E-state index in [4.69, 9.17) is 0 Å². The fourth-order valence-corrected chi connectivity index (χ4v) is 3.62. The number of aliphatic hydroxyl groups is 1. The summed E-state index contributed by atoms with van der Waals surface area (Å²) in [5.41, 5.74) is 1.06. The predicted molar refractivity (Wildman–Crippen MR) is 92.6 cm³/mol. The molecular formula is C18H20F2N2O2S. The van der Waals surface area contributed by atoms with E-state index in [0.29, 0.717) is 37.3 Å². The number of thiophene rings is 1. The van der Waals surface area contributed by atoms with Gasteiger partial charge >= 0.3 is 0 Å². The van der Waals surface area contributed by atoms with Crippen LogP contribution in [-0.4, -0.2) is 53.5 Å². The van der Waals surface area contributed by atoms with Gasteiger partial charge in [-0.15, -0.1) is 0 Å². The van der Waals surface area contributed by atoms with Gasteiger partial charge < -0.3 is 10.0 Å². The Morgan fingerprint density at radius 1 is 1.16 bits per heavy atom. The number of rotatable bonds is 4. The summed E-state index contributed by atoms with van der Waals surface area (Å²) in [6.45, 7) is 2.96. The van der Waals surface area contributed by atoms with Crippen molar-refractivity contribution in [1.29, 1.82) is 0 Å². The Hall–Kier alpha value is -1.83. The molecule has 1 aliphatic heterocycles. The molecule has 1 aromatic heterocycles. The highest BCUT2D eigenvalue weighted by Gasteiger charge is 2.22. The highest BCUT2D eigenvalue weighted by Crippen LogP contribution is 2.19. The first kappa shape index (κ1) is 18.0. The van der Waals surface area contributed by atoms with E-state index < -0.39 is 17.7 Å². The number of hydrogen-bond acceptors (Lipinski definition) is 4. The largest absolute Gasteiger partial charge is 0.387 e. The molecule has 0 spiro atoms. The van der Waals surface area contributed by atoms with E-state index in [0.717, 1.165) is 25.1 Å². The minimum Gasteiger partial charge on any atom is -0.387 e. The minimum absolute atomic E-state index is 0.0317. The zero-order valence-corrected chi connectivity index (χ0v) is 14.5. The summed E-state index contributed by atoms with van der Waals surface area (Å²) in [5.74, 6) is -1.85. The van der Waals surface area contributed by atoms with Crippen LogP contribution in [0.1, 0.15) is 28.4 Å². The lowest BCUT2D eigenvalue weighted by atomic mass is 10.1. The Bertz CT molecular complexity index is 724. The number of halogens is 2. The first-order valence-electron chi connectivity index (χ1n) is 8.21. The van der Waals surface area contributed by atoms with Crippen LogP contribution in [0.4, 0.5) is 8.78 Å². The van der Waals surface area contributed by atoms with Gasteiger partial charge in [0.05, 0.1) is 11.7 Å². The van der Waals surface area contributed by atoms with E-state index in [1.807, 2.05) is 26.6 Å². The number of hydrogen-bond donors (Lipinski definition) is 1. The summed E-state index contributed by atoms with van der Waals surface area (Å²) in [6.07, 6.45) is -0.0883. The third kappa shape index (κ3) is 4.42. The van der Waals surface area contributed by atoms with E-state index in [1.54, 1.807) is 0 Å². The Morgan fingerprint density at radius 3 is 2.72 bits per heavy atom. The number of carbonyl (C=O) groups excluding carboxylic acids is 1. The monoisotopic (exact) mass is 366 g/mol. The first-order chi connectivity index (χ1) is 12.0. The van der Waals surface area contributed by atoms with Crippen molar-refractivity contribution in [1.82, 2.24) is 9.80 Å². The molecule has 3 rings (SSSR count). The van der Waals surface area contributed by atoms with Crippen molar-refractivity contribution in [2.45, 2.75) is 12.5 Å². The minimum atomic E-state index is -0.958. The van der Waals surface area contributed by atoms with Gasteiger partial charge in [-0.3, -0.25) is 9.69 Å². The van der Waals surface area contributed by atoms with Crippen molar-refractivity contribution in [2.75, 3.05) is 32.7 Å². The molecule has 25 heavy (non-hydrogen) atoms. The van der Waals surface area contributed by atoms with Gasteiger partial charge in [0.15, 0.2) is 11.6 Å². The van der Waals surface area contributed by atoms with Gasteiger partial charge in [0.1, 0.15) is 0 Å². The molecule has 134 valence electrons. The number of benzene rings is 1. The Morgan fingerprint density at radius 2 is 2.00 bits per heavy atom. The fraction of sp³-hybridized carbons (Fsp3) is 0.389. The first-order valence-corrected chi connectivity index (χ1v) is 9.15. The summed E-state index contributed by atoms with van der Waals surface area (Å²) in [5, 5.41) is 14.0. The molecule has 0 saturated carbocycles. The van der Waals surface area contributed by atoms with Crippen molar-refractivity contribution in [2.24, 2.45) is 0 Å². The van der Waals surface area contributed by atoms with Gasteiger partial charge in [-0.1, -0.05) is 6.07 Å². The number of nitrogens with zero attached hydrogens (tertiary/aromatic N) is 2. The number of amides is 1. The van der Waals surface area contributed by atoms with Crippen LogP contribution in [0.5, 0.6) is 0 Å². The van der Waals surface area contributed by atoms with Gasteiger partial charge in [0, 0.05) is 38.1 Å². The molecule has 1 aromatic carbocycles. The number of aliphatic hydroxyl groups excluding tert-OH is 1. The van der Waals surface area contributed by atoms with Gasteiger partial charge in [-0.2, -0.15) is 11.3 Å². The Balaban J connectivity index is 1.57. The smallest absolute Gasteiger partial charge is 0.254 e. The second-order valence-electron chi connectivity index (χ2n) is 6.15. The highest BCUT2D eigenvalue weighted by molar-refractivity contribution is 7.08. The average Bonchev–Trinajstić information content (AvgIpc) is 3.04. The zero-order chi connectivity index (χ0) is 17.8. The van der Waals surface area contributed by atoms with Crippen molar-refractivity contribution in [3.05, 3.63) is 57.8 Å². The topological polar surface area (TPSA) is 43.8 Å². The number of carbonyl (C=O) groups is 1. The zero-order valence-electron chi connectivity index (χ0n) is 13.7. The normalized spacial score (nSPS) is 17.3. The Labute approximate surface area is 149 Å². The van der Waals surface area contributed by atoms with Crippen molar-refractivity contribution < 1.29 is 18.7 Å². The molecule has 0 radical (unpaired) electrons. The molecule has 1 unspecified atom stereocenters. The second kappa shape index (κ2) is 8.03. The van der Waals surface area contributed by atoms with E-state index >= 15 is 0 Å². The fourth-order valence-electron chi connectivity index (χ4n) is 2.99. The van der Waals surface area contributed by atoms with Gasteiger partial charge in [0.25, 0.3) is 5.91 Å². The van der Waals surface area contributed by atoms with E-state index in [-0.39, 0.29) is 5.91 Å². The van der Waals surface area contributed by atoms with Gasteiger partial charge in [-0.25, -0.2) is 8.78 Å². The maximum Gasteiger partial charge on any atom is 0.254 e. The van der Waals surface area contributed by atoms with Gasteiger partial charge in [0.2, 0.25) is 0 Å². The summed E-state index contributed by atoms with van der Waals surface area (Å²) in [4.78, 5) is 16.3. The van der Waals surface area contributed by atoms with E-state index in [9.17, 15) is 18.7 Å². The molecule has 1 fully saturated rings. The molecule has 0 aliphatic carbocycles. The SMILES string of the molecule is O=C(c1ccsc1)N1CCCN(CC(O)c2ccc(F)c(F)c2)CC1. The summed E-state index contributed by atoms with van der Waals surface area (Å²) in [6, 6.07) is 5.28. The quantitative estimate of drug-likeness (QED) is 0.905. The predicted octanol–water partition coefficient (Wildman–Crippen LogP) is 2.91. The van der Waals surface area contributed by atoms with E-state index in [2.05, 4.69) is 0 Å². The standard InChI is InChI=1S/C18H20F2N2O2S/c19-15-3-2-13(10-16(15)20)17(23)11-21-5-1-6-22(8-7-21)18(24)14-4-9-25-12-14/h2-4,9-10,12,17,23H,1,5-8,11H2. The molecule has 1 N–H and O–H groups in total. The lowest BCUT2D eigenvalue weighted by molar-refractivity contribution is 0.0755. The van der Waals surface area contributed by atoms with Crippen LogP contribution in [0, 0.1) is 11.6 Å². The molecule has 2 heterocycles. The Kier molecular flexibility index (Phi) is 5.78. The molecule has 1 atom stereocenters.